The van der Waals surface area contributed by atoms with Crippen molar-refractivity contribution in [2.24, 2.45) is 7.05 Å². The normalized spacial score (nSPS) is 20.3. The number of nitrogens with one attached hydrogen (secondary N) is 1. The summed E-state index contributed by atoms with van der Waals surface area (Å²) in [6.07, 6.45) is 1.60. The first-order valence-electron chi connectivity index (χ1n) is 6.48. The monoisotopic (exact) mass is 315 g/mol. The molecule has 1 unspecified atom stereocenters. The van der Waals surface area contributed by atoms with Crippen molar-refractivity contribution in [2.75, 3.05) is 13.1 Å². The van der Waals surface area contributed by atoms with E-state index in [9.17, 15) is 18.0 Å². The van der Waals surface area contributed by atoms with Crippen LogP contribution < -0.4 is 5.32 Å². The number of aryl methyl sites for hydroxylation is 1. The van der Waals surface area contributed by atoms with E-state index in [2.05, 4.69) is 5.32 Å². The molecule has 1 aromatic heterocycles. The molecule has 2 heterocycles. The Morgan fingerprint density at radius 2 is 2.19 bits per heavy atom. The number of amides is 1. The summed E-state index contributed by atoms with van der Waals surface area (Å²) in [5.74, 6) is -1.54. The highest BCUT2D eigenvalue weighted by Crippen LogP contribution is 2.23. The van der Waals surface area contributed by atoms with Crippen molar-refractivity contribution in [1.29, 1.82) is 0 Å². The Bertz CT molecular complexity index is 679. The molecule has 21 heavy (non-hydrogen) atoms. The number of rotatable bonds is 4. The standard InChI is InChI=1S/C12H17N3O5S/c1-3-9-11(16)13-4-5-15(9)21(19,20)8-6-10(12(17)18)14(2)7-8/h6-7,9H,3-5H2,1-2H3,(H,13,16)(H,17,18). The molecule has 1 aliphatic rings. The van der Waals surface area contributed by atoms with Gasteiger partial charge in [-0.2, -0.15) is 4.31 Å². The average Bonchev–Trinajstić information content (AvgIpc) is 2.81. The van der Waals surface area contributed by atoms with E-state index < -0.39 is 22.0 Å². The van der Waals surface area contributed by atoms with Gasteiger partial charge in [-0.3, -0.25) is 4.79 Å². The fraction of sp³-hybridized carbons (Fsp3) is 0.500. The molecule has 0 aromatic carbocycles. The lowest BCUT2D eigenvalue weighted by molar-refractivity contribution is -0.126. The van der Waals surface area contributed by atoms with Gasteiger partial charge < -0.3 is 15.0 Å². The molecule has 0 aliphatic carbocycles. The molecule has 2 rings (SSSR count). The number of hydrogen-bond donors (Lipinski definition) is 2. The first kappa shape index (κ1) is 15.5. The molecule has 2 N–H and O–H groups in total. The molecule has 1 atom stereocenters. The van der Waals surface area contributed by atoms with E-state index in [1.165, 1.54) is 17.8 Å². The van der Waals surface area contributed by atoms with E-state index in [4.69, 9.17) is 5.11 Å². The molecule has 0 radical (unpaired) electrons. The van der Waals surface area contributed by atoms with Crippen LogP contribution in [-0.4, -0.2) is 53.4 Å². The molecule has 1 aromatic rings. The molecule has 1 amide bonds. The second-order valence-electron chi connectivity index (χ2n) is 4.81. The maximum atomic E-state index is 12.6. The van der Waals surface area contributed by atoms with Gasteiger partial charge in [0, 0.05) is 26.3 Å². The van der Waals surface area contributed by atoms with Crippen LogP contribution in [0.2, 0.25) is 0 Å². The fourth-order valence-electron chi connectivity index (χ4n) is 2.39. The number of sulfonamides is 1. The van der Waals surface area contributed by atoms with Gasteiger partial charge >= 0.3 is 5.97 Å². The number of nitrogens with zero attached hydrogens (tertiary/aromatic N) is 2. The van der Waals surface area contributed by atoms with Gasteiger partial charge in [-0.25, -0.2) is 13.2 Å². The highest BCUT2D eigenvalue weighted by atomic mass is 32.2. The van der Waals surface area contributed by atoms with Crippen LogP contribution in [0.25, 0.3) is 0 Å². The summed E-state index contributed by atoms with van der Waals surface area (Å²) in [7, 11) is -2.44. The molecule has 1 aliphatic heterocycles. The van der Waals surface area contributed by atoms with Crippen LogP contribution in [0, 0.1) is 0 Å². The van der Waals surface area contributed by atoms with Gasteiger partial charge in [0.05, 0.1) is 0 Å². The highest BCUT2D eigenvalue weighted by Gasteiger charge is 2.38. The van der Waals surface area contributed by atoms with E-state index in [-0.39, 0.29) is 29.6 Å². The summed E-state index contributed by atoms with van der Waals surface area (Å²) >= 11 is 0. The Morgan fingerprint density at radius 3 is 2.71 bits per heavy atom. The summed E-state index contributed by atoms with van der Waals surface area (Å²) in [4.78, 5) is 22.7. The van der Waals surface area contributed by atoms with Crippen molar-refractivity contribution < 1.29 is 23.1 Å². The van der Waals surface area contributed by atoms with Crippen LogP contribution in [0.1, 0.15) is 23.8 Å². The molecule has 1 fully saturated rings. The average molecular weight is 315 g/mol. The van der Waals surface area contributed by atoms with E-state index >= 15 is 0 Å². The third kappa shape index (κ3) is 2.66. The third-order valence-corrected chi connectivity index (χ3v) is 5.35. The van der Waals surface area contributed by atoms with Gasteiger partial charge in [0.15, 0.2) is 0 Å². The Labute approximate surface area is 122 Å². The van der Waals surface area contributed by atoms with Crippen LogP contribution in [-0.2, 0) is 21.9 Å². The van der Waals surface area contributed by atoms with E-state index in [0.717, 1.165) is 10.4 Å². The van der Waals surface area contributed by atoms with Gasteiger partial charge in [0.2, 0.25) is 15.9 Å². The van der Waals surface area contributed by atoms with Crippen LogP contribution in [0.5, 0.6) is 0 Å². The van der Waals surface area contributed by atoms with E-state index in [1.807, 2.05) is 0 Å². The van der Waals surface area contributed by atoms with E-state index in [0.29, 0.717) is 6.42 Å². The van der Waals surface area contributed by atoms with Gasteiger partial charge in [0.25, 0.3) is 0 Å². The number of carbonyl (C=O) groups excluding carboxylic acids is 1. The van der Waals surface area contributed by atoms with Crippen molar-refractivity contribution in [2.45, 2.75) is 24.3 Å². The van der Waals surface area contributed by atoms with Gasteiger partial charge in [-0.15, -0.1) is 0 Å². The quantitative estimate of drug-likeness (QED) is 0.787. The van der Waals surface area contributed by atoms with Crippen LogP contribution in [0.15, 0.2) is 17.2 Å². The largest absolute Gasteiger partial charge is 0.477 e. The number of aromatic carboxylic acids is 1. The van der Waals surface area contributed by atoms with Gasteiger partial charge in [-0.05, 0) is 12.5 Å². The second kappa shape index (κ2) is 5.49. The Hall–Kier alpha value is -1.87. The molecular weight excluding hydrogens is 298 g/mol. The predicted octanol–water partition coefficient (Wildman–Crippen LogP) is -0.378. The Morgan fingerprint density at radius 1 is 1.52 bits per heavy atom. The lowest BCUT2D eigenvalue weighted by atomic mass is 10.2. The molecule has 0 saturated carbocycles. The number of aromatic nitrogens is 1. The van der Waals surface area contributed by atoms with Crippen LogP contribution in [0.4, 0.5) is 0 Å². The number of piperazine rings is 1. The number of carbonyl (C=O) groups is 2. The van der Waals surface area contributed by atoms with Gasteiger partial charge in [-0.1, -0.05) is 6.92 Å². The zero-order valence-electron chi connectivity index (χ0n) is 11.7. The second-order valence-corrected chi connectivity index (χ2v) is 6.70. The van der Waals surface area contributed by atoms with Crippen LogP contribution >= 0.6 is 0 Å². The minimum absolute atomic E-state index is 0.115. The predicted molar refractivity (Wildman–Crippen MR) is 73.4 cm³/mol. The van der Waals surface area contributed by atoms with Crippen LogP contribution in [0.3, 0.4) is 0 Å². The highest BCUT2D eigenvalue weighted by molar-refractivity contribution is 7.89. The molecule has 0 spiro atoms. The van der Waals surface area contributed by atoms with Crippen molar-refractivity contribution in [3.8, 4) is 0 Å². The summed E-state index contributed by atoms with van der Waals surface area (Å²) in [5.41, 5.74) is -0.122. The SMILES string of the molecule is CCC1C(=O)NCCN1S(=O)(=O)c1cc(C(=O)O)n(C)c1. The summed E-state index contributed by atoms with van der Waals surface area (Å²) < 4.78 is 27.6. The number of hydrogen-bond acceptors (Lipinski definition) is 4. The Kier molecular flexibility index (Phi) is 4.06. The zero-order valence-corrected chi connectivity index (χ0v) is 12.6. The lowest BCUT2D eigenvalue weighted by Gasteiger charge is -2.33. The van der Waals surface area contributed by atoms with Crippen molar-refractivity contribution in [3.63, 3.8) is 0 Å². The molecule has 116 valence electrons. The maximum Gasteiger partial charge on any atom is 0.352 e. The molecule has 8 nitrogen and oxygen atoms in total. The third-order valence-electron chi connectivity index (χ3n) is 3.47. The summed E-state index contributed by atoms with van der Waals surface area (Å²) in [5, 5.41) is 11.6. The zero-order chi connectivity index (χ0) is 15.8. The van der Waals surface area contributed by atoms with Crippen molar-refractivity contribution in [3.05, 3.63) is 18.0 Å². The maximum absolute atomic E-state index is 12.6. The first-order chi connectivity index (χ1) is 9.78. The molecule has 0 bridgehead atoms. The summed E-state index contributed by atoms with van der Waals surface area (Å²) in [6.45, 7) is 2.14. The summed E-state index contributed by atoms with van der Waals surface area (Å²) in [6, 6.07) is 0.342. The molecular formula is C12H17N3O5S. The fourth-order valence-corrected chi connectivity index (χ4v) is 4.13. The smallest absolute Gasteiger partial charge is 0.352 e. The Balaban J connectivity index is 2.43. The molecule has 1 saturated heterocycles. The van der Waals surface area contributed by atoms with Crippen molar-refractivity contribution in [1.82, 2.24) is 14.2 Å². The minimum Gasteiger partial charge on any atom is -0.477 e. The van der Waals surface area contributed by atoms with Crippen molar-refractivity contribution >= 4 is 21.9 Å². The minimum atomic E-state index is -3.90. The number of carboxylic acids is 1. The first-order valence-corrected chi connectivity index (χ1v) is 7.92. The number of carboxylic acid groups (broad SMARTS) is 1. The topological polar surface area (TPSA) is 109 Å². The lowest BCUT2D eigenvalue weighted by Crippen LogP contribution is -2.56. The van der Waals surface area contributed by atoms with E-state index in [1.54, 1.807) is 6.92 Å². The van der Waals surface area contributed by atoms with Gasteiger partial charge in [0.1, 0.15) is 16.6 Å². The molecule has 9 heteroatoms.